The van der Waals surface area contributed by atoms with Crippen LogP contribution in [0.1, 0.15) is 48.1 Å². The van der Waals surface area contributed by atoms with E-state index in [1.165, 1.54) is 36.9 Å². The van der Waals surface area contributed by atoms with Crippen molar-refractivity contribution < 1.29 is 13.5 Å². The second-order valence-electron chi connectivity index (χ2n) is 9.65. The van der Waals surface area contributed by atoms with Crippen molar-refractivity contribution in [2.24, 2.45) is 5.73 Å². The van der Waals surface area contributed by atoms with Crippen LogP contribution in [0.4, 0.5) is 14.6 Å². The van der Waals surface area contributed by atoms with Crippen molar-refractivity contribution >= 4 is 32.9 Å². The average molecular weight is 551 g/mol. The Morgan fingerprint density at radius 2 is 1.74 bits per heavy atom. The Kier molecular flexibility index (Phi) is 9.20. The van der Waals surface area contributed by atoms with Crippen LogP contribution >= 0.6 is 11.3 Å². The summed E-state index contributed by atoms with van der Waals surface area (Å²) in [5, 5.41) is 0.347. The lowest BCUT2D eigenvalue weighted by Gasteiger charge is -2.37. The summed E-state index contributed by atoms with van der Waals surface area (Å²) < 4.78 is 35.4. The number of nitrogens with zero attached hydrogens (tertiary/aromatic N) is 2. The Morgan fingerprint density at radius 3 is 2.38 bits per heavy atom. The van der Waals surface area contributed by atoms with Crippen LogP contribution in [0.15, 0.2) is 55.2 Å². The minimum absolute atomic E-state index is 0.284. The molecule has 1 aliphatic carbocycles. The summed E-state index contributed by atoms with van der Waals surface area (Å²) in [5.41, 5.74) is 14.8. The molecule has 1 saturated carbocycles. The summed E-state index contributed by atoms with van der Waals surface area (Å²) in [6.45, 7) is 6.91. The van der Waals surface area contributed by atoms with Crippen LogP contribution in [-0.4, -0.2) is 30.1 Å². The van der Waals surface area contributed by atoms with Gasteiger partial charge in [0, 0.05) is 41.0 Å². The average Bonchev–Trinajstić information content (AvgIpc) is 3.33. The zero-order valence-electron chi connectivity index (χ0n) is 22.8. The fraction of sp³-hybridized carbons (Fsp3) is 0.323. The van der Waals surface area contributed by atoms with E-state index in [1.54, 1.807) is 19.4 Å². The Hall–Kier alpha value is -3.49. The lowest BCUT2D eigenvalue weighted by molar-refractivity contribution is 0.223. The standard InChI is InChI=1S/C30H31F2N3OS.CH5N/c1-18-28-24(31)11-12-25(32)30(28)37-29(18)19(2)35(23-7-5-4-6-8-23)17-22-15-20(9-13-26(22)36-3)21-10-14-27(33)34-16-21;1-2/h9-16,23H,2,4-8,17H2,1,3H3,(H2,33,34);2H2,1H3. The highest BCUT2D eigenvalue weighted by molar-refractivity contribution is 7.20. The summed E-state index contributed by atoms with van der Waals surface area (Å²) in [4.78, 5) is 7.37. The fourth-order valence-electron chi connectivity index (χ4n) is 5.36. The maximum absolute atomic E-state index is 14.7. The van der Waals surface area contributed by atoms with Crippen LogP contribution in [0, 0.1) is 18.6 Å². The number of thiophene rings is 1. The molecule has 1 fully saturated rings. The van der Waals surface area contributed by atoms with Crippen molar-refractivity contribution in [3.8, 4) is 16.9 Å². The normalized spacial score (nSPS) is 13.6. The molecule has 0 bridgehead atoms. The van der Waals surface area contributed by atoms with Crippen molar-refractivity contribution in [1.82, 2.24) is 9.88 Å². The second kappa shape index (κ2) is 12.6. The van der Waals surface area contributed by atoms with E-state index in [-0.39, 0.29) is 6.04 Å². The maximum atomic E-state index is 14.7. The van der Waals surface area contributed by atoms with Gasteiger partial charge < -0.3 is 21.1 Å². The van der Waals surface area contributed by atoms with Gasteiger partial charge in [-0.3, -0.25) is 0 Å². The first-order chi connectivity index (χ1) is 18.9. The number of hydrogen-bond donors (Lipinski definition) is 2. The number of pyridine rings is 1. The van der Waals surface area contributed by atoms with Gasteiger partial charge in [0.25, 0.3) is 0 Å². The highest BCUT2D eigenvalue weighted by Gasteiger charge is 2.27. The number of fused-ring (bicyclic) bond motifs is 1. The molecule has 4 N–H and O–H groups in total. The molecule has 2 aromatic heterocycles. The lowest BCUT2D eigenvalue weighted by Crippen LogP contribution is -2.34. The van der Waals surface area contributed by atoms with Crippen molar-refractivity contribution in [1.29, 1.82) is 0 Å². The Bertz CT molecular complexity index is 1450. The minimum atomic E-state index is -0.403. The molecule has 1 aliphatic rings. The lowest BCUT2D eigenvalue weighted by atomic mass is 9.92. The van der Waals surface area contributed by atoms with Crippen molar-refractivity contribution in [3.05, 3.63) is 82.9 Å². The largest absolute Gasteiger partial charge is 0.496 e. The van der Waals surface area contributed by atoms with E-state index in [2.05, 4.69) is 28.3 Å². The number of nitrogen functional groups attached to an aromatic ring is 1. The summed E-state index contributed by atoms with van der Waals surface area (Å²) in [5.74, 6) is 0.453. The summed E-state index contributed by atoms with van der Waals surface area (Å²) in [7, 11) is 3.17. The minimum Gasteiger partial charge on any atom is -0.496 e. The Morgan fingerprint density at radius 1 is 1.05 bits per heavy atom. The third-order valence-electron chi connectivity index (χ3n) is 7.34. The number of aromatic nitrogens is 1. The number of methoxy groups -OCH3 is 1. The van der Waals surface area contributed by atoms with E-state index in [0.717, 1.165) is 64.3 Å². The highest BCUT2D eigenvalue weighted by Crippen LogP contribution is 2.41. The number of rotatable bonds is 7. The molecule has 0 aliphatic heterocycles. The van der Waals surface area contributed by atoms with Gasteiger partial charge in [-0.25, -0.2) is 13.8 Å². The van der Waals surface area contributed by atoms with Crippen LogP contribution in [0.3, 0.4) is 0 Å². The molecular weight excluding hydrogens is 514 g/mol. The van der Waals surface area contributed by atoms with Gasteiger partial charge in [0.05, 0.1) is 16.7 Å². The van der Waals surface area contributed by atoms with Gasteiger partial charge in [-0.1, -0.05) is 31.9 Å². The van der Waals surface area contributed by atoms with Gasteiger partial charge in [-0.15, -0.1) is 11.3 Å². The first-order valence-electron chi connectivity index (χ1n) is 13.2. The van der Waals surface area contributed by atoms with Gasteiger partial charge in [-0.05, 0) is 74.3 Å². The Labute approximate surface area is 233 Å². The van der Waals surface area contributed by atoms with Crippen molar-refractivity contribution in [2.45, 2.75) is 51.6 Å². The molecule has 0 saturated heterocycles. The van der Waals surface area contributed by atoms with Gasteiger partial charge >= 0.3 is 0 Å². The van der Waals surface area contributed by atoms with Crippen LogP contribution < -0.4 is 16.2 Å². The van der Waals surface area contributed by atoms with Gasteiger partial charge in [0.1, 0.15) is 23.2 Å². The van der Waals surface area contributed by atoms with Gasteiger partial charge in [0.2, 0.25) is 0 Å². The van der Waals surface area contributed by atoms with Crippen molar-refractivity contribution in [3.63, 3.8) is 0 Å². The summed E-state index contributed by atoms with van der Waals surface area (Å²) in [6.07, 6.45) is 7.39. The topological polar surface area (TPSA) is 77.4 Å². The zero-order valence-corrected chi connectivity index (χ0v) is 23.6. The molecular formula is C31H36F2N4OS. The van der Waals surface area contributed by atoms with E-state index in [1.807, 2.05) is 25.1 Å². The molecule has 0 atom stereocenters. The third-order valence-corrected chi connectivity index (χ3v) is 8.69. The predicted molar refractivity (Wildman–Crippen MR) is 159 cm³/mol. The smallest absolute Gasteiger partial charge is 0.141 e. The molecule has 0 amide bonds. The quantitative estimate of drug-likeness (QED) is 0.249. The third kappa shape index (κ3) is 5.92. The molecule has 0 spiro atoms. The highest BCUT2D eigenvalue weighted by atomic mass is 32.1. The number of halogens is 2. The molecule has 8 heteroatoms. The van der Waals surface area contributed by atoms with Crippen LogP contribution in [0.5, 0.6) is 5.75 Å². The molecule has 5 rings (SSSR count). The summed E-state index contributed by atoms with van der Waals surface area (Å²) >= 11 is 1.28. The maximum Gasteiger partial charge on any atom is 0.141 e. The van der Waals surface area contributed by atoms with E-state index in [9.17, 15) is 8.78 Å². The fourth-order valence-corrected chi connectivity index (χ4v) is 6.57. The van der Waals surface area contributed by atoms with Crippen molar-refractivity contribution in [2.75, 3.05) is 19.9 Å². The molecule has 4 aromatic rings. The molecule has 5 nitrogen and oxygen atoms in total. The van der Waals surface area contributed by atoms with Crippen LogP contribution in [0.2, 0.25) is 0 Å². The molecule has 2 heterocycles. The molecule has 0 radical (unpaired) electrons. The Balaban J connectivity index is 0.00000172. The molecule has 39 heavy (non-hydrogen) atoms. The predicted octanol–water partition coefficient (Wildman–Crippen LogP) is 7.52. The van der Waals surface area contributed by atoms with Gasteiger partial charge in [0.15, 0.2) is 0 Å². The SMILES string of the molecule is C=C(c1sc2c(F)ccc(F)c2c1C)N(Cc1cc(-c2ccc(N)nc2)ccc1OC)C1CCCCC1.CN. The van der Waals surface area contributed by atoms with E-state index >= 15 is 0 Å². The van der Waals surface area contributed by atoms with Crippen LogP contribution in [-0.2, 0) is 6.54 Å². The van der Waals surface area contributed by atoms with E-state index < -0.39 is 11.6 Å². The first kappa shape index (κ1) is 28.5. The number of benzene rings is 2. The van der Waals surface area contributed by atoms with E-state index in [0.29, 0.717) is 22.4 Å². The number of aryl methyl sites for hydroxylation is 1. The number of hydrogen-bond acceptors (Lipinski definition) is 6. The van der Waals surface area contributed by atoms with E-state index in [4.69, 9.17) is 10.5 Å². The monoisotopic (exact) mass is 550 g/mol. The first-order valence-corrected chi connectivity index (χ1v) is 14.0. The number of anilines is 1. The molecule has 2 aromatic carbocycles. The number of ether oxygens (including phenoxy) is 1. The zero-order chi connectivity index (χ0) is 28.1. The number of nitrogens with two attached hydrogens (primary N) is 2. The van der Waals surface area contributed by atoms with Crippen LogP contribution in [0.25, 0.3) is 26.9 Å². The van der Waals surface area contributed by atoms with Gasteiger partial charge in [-0.2, -0.15) is 0 Å². The molecule has 0 unspecified atom stereocenters. The molecule has 206 valence electrons. The summed E-state index contributed by atoms with van der Waals surface area (Å²) in [6, 6.07) is 12.5. The second-order valence-corrected chi connectivity index (χ2v) is 10.7.